The number of carbonyl (C=O) groups is 1. The Bertz CT molecular complexity index is 441. The molecule has 5 heteroatoms. The van der Waals surface area contributed by atoms with Gasteiger partial charge in [-0.2, -0.15) is 0 Å². The van der Waals surface area contributed by atoms with Crippen LogP contribution in [0.5, 0.6) is 0 Å². The average molecular weight is 340 g/mol. The number of nitrogens with two attached hydrogens (primary N) is 1. The van der Waals surface area contributed by atoms with Gasteiger partial charge in [-0.05, 0) is 30.5 Å². The predicted octanol–water partition coefficient (Wildman–Crippen LogP) is 2.05. The molecule has 2 rings (SSSR count). The van der Waals surface area contributed by atoms with Crippen molar-refractivity contribution < 1.29 is 4.79 Å². The first-order valence-corrected chi connectivity index (χ1v) is 7.86. The van der Waals surface area contributed by atoms with Crippen molar-refractivity contribution in [2.75, 3.05) is 19.6 Å². The third-order valence-corrected chi connectivity index (χ3v) is 4.38. The summed E-state index contributed by atoms with van der Waals surface area (Å²) < 4.78 is 1.08. The van der Waals surface area contributed by atoms with E-state index >= 15 is 0 Å². The molecule has 1 saturated heterocycles. The van der Waals surface area contributed by atoms with Crippen molar-refractivity contribution in [3.05, 3.63) is 34.3 Å². The van der Waals surface area contributed by atoms with E-state index in [4.69, 9.17) is 5.73 Å². The molecule has 1 amide bonds. The summed E-state index contributed by atoms with van der Waals surface area (Å²) in [6, 6.07) is 8.95. The third kappa shape index (κ3) is 4.04. The molecule has 0 aromatic heterocycles. The Balaban J connectivity index is 1.96. The second-order valence-electron chi connectivity index (χ2n) is 5.31. The highest BCUT2D eigenvalue weighted by atomic mass is 79.9. The second-order valence-corrected chi connectivity index (χ2v) is 6.23. The molecule has 110 valence electrons. The van der Waals surface area contributed by atoms with Gasteiger partial charge in [-0.3, -0.25) is 9.69 Å². The quantitative estimate of drug-likeness (QED) is 0.882. The van der Waals surface area contributed by atoms with Gasteiger partial charge in [0.25, 0.3) is 0 Å². The van der Waals surface area contributed by atoms with Crippen LogP contribution in [0.1, 0.15) is 31.4 Å². The van der Waals surface area contributed by atoms with E-state index in [1.807, 2.05) is 0 Å². The number of benzene rings is 1. The fourth-order valence-corrected chi connectivity index (χ4v) is 3.09. The molecule has 0 bridgehead atoms. The summed E-state index contributed by atoms with van der Waals surface area (Å²) in [5.41, 5.74) is 7.22. The van der Waals surface area contributed by atoms with Gasteiger partial charge in [0.05, 0.1) is 0 Å². The van der Waals surface area contributed by atoms with Gasteiger partial charge in [-0.1, -0.05) is 28.1 Å². The molecular weight excluding hydrogens is 318 g/mol. The minimum Gasteiger partial charge on any atom is -0.354 e. The van der Waals surface area contributed by atoms with Crippen LogP contribution in [0.4, 0.5) is 0 Å². The molecular formula is C15H22BrN3O. The number of nitrogens with one attached hydrogen (secondary N) is 1. The molecule has 20 heavy (non-hydrogen) atoms. The van der Waals surface area contributed by atoms with E-state index in [2.05, 4.69) is 50.4 Å². The summed E-state index contributed by atoms with van der Waals surface area (Å²) in [5.74, 6) is 0.0618. The number of carbonyl (C=O) groups excluding carboxylic acids is 1. The van der Waals surface area contributed by atoms with Crippen LogP contribution in [-0.2, 0) is 4.79 Å². The lowest BCUT2D eigenvalue weighted by molar-refractivity contribution is -0.120. The van der Waals surface area contributed by atoms with Crippen LogP contribution in [0.15, 0.2) is 28.7 Å². The molecule has 1 unspecified atom stereocenters. The number of likely N-dealkylation sites (tertiary alicyclic amines) is 1. The SMILES string of the molecule is CC(=O)NC1CCN(C(CN)c2ccc(Br)cc2)CC1. The maximum atomic E-state index is 11.1. The van der Waals surface area contributed by atoms with E-state index in [0.717, 1.165) is 30.4 Å². The monoisotopic (exact) mass is 339 g/mol. The molecule has 0 aliphatic carbocycles. The van der Waals surface area contributed by atoms with Crippen LogP contribution in [0.25, 0.3) is 0 Å². The fraction of sp³-hybridized carbons (Fsp3) is 0.533. The molecule has 1 fully saturated rings. The van der Waals surface area contributed by atoms with Crippen LogP contribution in [0.3, 0.4) is 0 Å². The zero-order chi connectivity index (χ0) is 14.5. The van der Waals surface area contributed by atoms with Gasteiger partial charge in [-0.25, -0.2) is 0 Å². The van der Waals surface area contributed by atoms with E-state index in [9.17, 15) is 4.79 Å². The van der Waals surface area contributed by atoms with Crippen molar-refractivity contribution in [2.24, 2.45) is 5.73 Å². The predicted molar refractivity (Wildman–Crippen MR) is 84.3 cm³/mol. The van der Waals surface area contributed by atoms with Crippen LogP contribution in [0, 0.1) is 0 Å². The van der Waals surface area contributed by atoms with E-state index in [1.54, 1.807) is 6.92 Å². The lowest BCUT2D eigenvalue weighted by Crippen LogP contribution is -2.46. The fourth-order valence-electron chi connectivity index (χ4n) is 2.82. The topological polar surface area (TPSA) is 58.4 Å². The smallest absolute Gasteiger partial charge is 0.217 e. The molecule has 1 aliphatic rings. The van der Waals surface area contributed by atoms with E-state index in [1.165, 1.54) is 5.56 Å². The molecule has 1 aromatic carbocycles. The zero-order valence-electron chi connectivity index (χ0n) is 11.8. The summed E-state index contributed by atoms with van der Waals surface area (Å²) in [7, 11) is 0. The van der Waals surface area contributed by atoms with Gasteiger partial charge in [0.15, 0.2) is 0 Å². The average Bonchev–Trinajstić information content (AvgIpc) is 2.43. The molecule has 0 spiro atoms. The van der Waals surface area contributed by atoms with Gasteiger partial charge in [0.2, 0.25) is 5.91 Å². The van der Waals surface area contributed by atoms with Crippen LogP contribution >= 0.6 is 15.9 Å². The first-order chi connectivity index (χ1) is 9.60. The van der Waals surface area contributed by atoms with Crippen molar-refractivity contribution in [1.29, 1.82) is 0 Å². The number of rotatable bonds is 4. The van der Waals surface area contributed by atoms with Crippen LogP contribution in [0.2, 0.25) is 0 Å². The van der Waals surface area contributed by atoms with Crippen molar-refractivity contribution in [3.63, 3.8) is 0 Å². The number of hydrogen-bond acceptors (Lipinski definition) is 3. The number of amides is 1. The molecule has 3 N–H and O–H groups in total. The van der Waals surface area contributed by atoms with Crippen LogP contribution < -0.4 is 11.1 Å². The Morgan fingerprint density at radius 1 is 1.40 bits per heavy atom. The van der Waals surface area contributed by atoms with E-state index in [-0.39, 0.29) is 11.9 Å². The Morgan fingerprint density at radius 2 is 2.00 bits per heavy atom. The number of hydrogen-bond donors (Lipinski definition) is 2. The summed E-state index contributed by atoms with van der Waals surface area (Å²) in [4.78, 5) is 13.5. The number of nitrogens with zero attached hydrogens (tertiary/aromatic N) is 1. The Labute approximate surface area is 128 Å². The van der Waals surface area contributed by atoms with Crippen molar-refractivity contribution in [2.45, 2.75) is 31.8 Å². The van der Waals surface area contributed by atoms with Gasteiger partial charge in [0.1, 0.15) is 0 Å². The van der Waals surface area contributed by atoms with Crippen molar-refractivity contribution in [1.82, 2.24) is 10.2 Å². The second kappa shape index (κ2) is 7.20. The summed E-state index contributed by atoms with van der Waals surface area (Å²) in [6.45, 7) is 4.15. The third-order valence-electron chi connectivity index (χ3n) is 3.86. The van der Waals surface area contributed by atoms with Gasteiger partial charge < -0.3 is 11.1 Å². The highest BCUT2D eigenvalue weighted by molar-refractivity contribution is 9.10. The molecule has 4 nitrogen and oxygen atoms in total. The molecule has 1 atom stereocenters. The lowest BCUT2D eigenvalue weighted by atomic mass is 9.99. The van der Waals surface area contributed by atoms with Crippen molar-refractivity contribution >= 4 is 21.8 Å². The highest BCUT2D eigenvalue weighted by Gasteiger charge is 2.25. The maximum Gasteiger partial charge on any atom is 0.217 e. The summed E-state index contributed by atoms with van der Waals surface area (Å²) in [5, 5.41) is 3.00. The minimum atomic E-state index is 0.0618. The molecule has 0 saturated carbocycles. The first kappa shape index (κ1) is 15.5. The summed E-state index contributed by atoms with van der Waals surface area (Å²) in [6.07, 6.45) is 1.99. The standard InChI is InChI=1S/C15H22BrN3O/c1-11(20)18-14-6-8-19(9-7-14)15(10-17)12-2-4-13(16)5-3-12/h2-5,14-15H,6-10,17H2,1H3,(H,18,20). The Hall–Kier alpha value is -0.910. The number of halogens is 1. The normalized spacial score (nSPS) is 18.8. The summed E-state index contributed by atoms with van der Waals surface area (Å²) >= 11 is 3.46. The molecule has 1 aliphatic heterocycles. The number of piperidine rings is 1. The largest absolute Gasteiger partial charge is 0.354 e. The van der Waals surface area contributed by atoms with E-state index in [0.29, 0.717) is 12.6 Å². The van der Waals surface area contributed by atoms with E-state index < -0.39 is 0 Å². The molecule has 1 heterocycles. The van der Waals surface area contributed by atoms with Gasteiger partial charge >= 0.3 is 0 Å². The van der Waals surface area contributed by atoms with Crippen molar-refractivity contribution in [3.8, 4) is 0 Å². The first-order valence-electron chi connectivity index (χ1n) is 7.07. The lowest BCUT2D eigenvalue weighted by Gasteiger charge is -2.37. The molecule has 0 radical (unpaired) electrons. The Kier molecular flexibility index (Phi) is 5.57. The maximum absolute atomic E-state index is 11.1. The Morgan fingerprint density at radius 3 is 2.50 bits per heavy atom. The molecule has 1 aromatic rings. The zero-order valence-corrected chi connectivity index (χ0v) is 13.4. The van der Waals surface area contributed by atoms with Gasteiger partial charge in [0, 0.05) is 43.1 Å². The minimum absolute atomic E-state index is 0.0618. The van der Waals surface area contributed by atoms with Crippen LogP contribution in [-0.4, -0.2) is 36.5 Å². The highest BCUT2D eigenvalue weighted by Crippen LogP contribution is 2.25. The van der Waals surface area contributed by atoms with Gasteiger partial charge in [-0.15, -0.1) is 0 Å².